The maximum Gasteiger partial charge on any atom is 0.160 e. The van der Waals surface area contributed by atoms with Gasteiger partial charge in [-0.05, 0) is 59.0 Å². The van der Waals surface area contributed by atoms with Gasteiger partial charge in [0, 0.05) is 38.8 Å². The topological polar surface area (TPSA) is 51.6 Å². The van der Waals surface area contributed by atoms with E-state index in [1.54, 1.807) is 0 Å². The van der Waals surface area contributed by atoms with Crippen LogP contribution in [0.15, 0.2) is 212 Å². The van der Waals surface area contributed by atoms with Gasteiger partial charge in [0.2, 0.25) is 0 Å². The van der Waals surface area contributed by atoms with Gasteiger partial charge in [0.15, 0.2) is 11.6 Å². The van der Waals surface area contributed by atoms with Crippen molar-refractivity contribution in [1.82, 2.24) is 19.9 Å². The first-order chi connectivity index (χ1) is 30.5. The lowest BCUT2D eigenvalue weighted by molar-refractivity contribution is 0.467. The van der Waals surface area contributed by atoms with Gasteiger partial charge in [0.25, 0.3) is 0 Å². The van der Waals surface area contributed by atoms with Crippen molar-refractivity contribution in [3.8, 4) is 56.4 Å². The zero-order valence-electron chi connectivity index (χ0n) is 35.5. The first-order valence-corrected chi connectivity index (χ1v) is 21.5. The Labute approximate surface area is 364 Å². The standard InChI is InChI=1S/C58H48N4/c1-5-41(56-59-52(44-22-10-8-11-23-44)38-54(61-56)50-30-18-26-42-20-14-16-28-48(42)50)33-32-40(4)58(6-2,7-3)47-36-34-46(35-37-47)57-60-53(45-24-12-9-13-25-45)39-55(62-57)51-31-19-27-43-21-15-17-29-49(43)51/h5,8-39H,1,6-7H2,2-4H3/b40-32+,41-33+. The lowest BCUT2D eigenvalue weighted by atomic mass is 9.70. The quantitative estimate of drug-likeness (QED) is 0.116. The summed E-state index contributed by atoms with van der Waals surface area (Å²) in [5.74, 6) is 1.34. The van der Waals surface area contributed by atoms with Crippen LogP contribution in [-0.2, 0) is 5.41 Å². The van der Waals surface area contributed by atoms with E-state index in [2.05, 4.69) is 197 Å². The first kappa shape index (κ1) is 39.9. The minimum absolute atomic E-state index is 0.205. The van der Waals surface area contributed by atoms with Crippen LogP contribution in [-0.4, -0.2) is 19.9 Å². The van der Waals surface area contributed by atoms with Crippen molar-refractivity contribution in [1.29, 1.82) is 0 Å². The van der Waals surface area contributed by atoms with E-state index in [4.69, 9.17) is 19.9 Å². The highest BCUT2D eigenvalue weighted by molar-refractivity contribution is 5.97. The molecule has 4 heteroatoms. The number of aromatic nitrogens is 4. The maximum atomic E-state index is 5.22. The van der Waals surface area contributed by atoms with Crippen molar-refractivity contribution in [2.75, 3.05) is 0 Å². The molecule has 4 nitrogen and oxygen atoms in total. The molecule has 2 heterocycles. The molecule has 0 aliphatic carbocycles. The second-order valence-corrected chi connectivity index (χ2v) is 15.8. The lowest BCUT2D eigenvalue weighted by Gasteiger charge is -2.34. The number of nitrogens with zero attached hydrogens (tertiary/aromatic N) is 4. The van der Waals surface area contributed by atoms with Crippen LogP contribution >= 0.6 is 0 Å². The van der Waals surface area contributed by atoms with Crippen LogP contribution in [0.4, 0.5) is 0 Å². The predicted molar refractivity (Wildman–Crippen MR) is 260 cm³/mol. The van der Waals surface area contributed by atoms with Gasteiger partial charge in [-0.3, -0.25) is 0 Å². The molecule has 0 bridgehead atoms. The van der Waals surface area contributed by atoms with Crippen molar-refractivity contribution < 1.29 is 0 Å². The second-order valence-electron chi connectivity index (χ2n) is 15.8. The van der Waals surface area contributed by atoms with Gasteiger partial charge < -0.3 is 0 Å². The van der Waals surface area contributed by atoms with Gasteiger partial charge in [-0.25, -0.2) is 19.9 Å². The molecule has 9 aromatic rings. The van der Waals surface area contributed by atoms with E-state index >= 15 is 0 Å². The smallest absolute Gasteiger partial charge is 0.160 e. The van der Waals surface area contributed by atoms with Gasteiger partial charge >= 0.3 is 0 Å². The van der Waals surface area contributed by atoms with E-state index < -0.39 is 0 Å². The Balaban J connectivity index is 1.09. The summed E-state index contributed by atoms with van der Waals surface area (Å²) in [6.07, 6.45) is 8.09. The number of hydrogen-bond donors (Lipinski definition) is 0. The molecule has 0 amide bonds. The molecule has 0 spiro atoms. The third kappa shape index (κ3) is 7.79. The number of benzene rings is 7. The fourth-order valence-electron chi connectivity index (χ4n) is 8.83. The van der Waals surface area contributed by atoms with Crippen molar-refractivity contribution in [2.24, 2.45) is 0 Å². The van der Waals surface area contributed by atoms with Gasteiger partial charge in [-0.2, -0.15) is 0 Å². The largest absolute Gasteiger partial charge is 0.228 e. The van der Waals surface area contributed by atoms with Crippen molar-refractivity contribution in [2.45, 2.75) is 39.0 Å². The van der Waals surface area contributed by atoms with Crippen LogP contribution in [0.2, 0.25) is 0 Å². The van der Waals surface area contributed by atoms with Crippen LogP contribution in [0.3, 0.4) is 0 Å². The monoisotopic (exact) mass is 800 g/mol. The fraction of sp³-hybridized carbons (Fsp3) is 0.103. The van der Waals surface area contributed by atoms with Crippen LogP contribution in [0.1, 0.15) is 45.0 Å². The minimum atomic E-state index is -0.205. The van der Waals surface area contributed by atoms with E-state index in [0.717, 1.165) is 74.4 Å². The molecule has 0 N–H and O–H groups in total. The molecule has 2 aromatic heterocycles. The van der Waals surface area contributed by atoms with E-state index in [-0.39, 0.29) is 5.41 Å². The Morgan fingerprint density at radius 1 is 0.484 bits per heavy atom. The molecule has 0 saturated carbocycles. The molecule has 7 aromatic carbocycles. The first-order valence-electron chi connectivity index (χ1n) is 21.5. The molecule has 0 atom stereocenters. The Kier molecular flexibility index (Phi) is 11.3. The molecular formula is C58H48N4. The van der Waals surface area contributed by atoms with E-state index in [1.165, 1.54) is 27.3 Å². The van der Waals surface area contributed by atoms with Crippen molar-refractivity contribution in [3.63, 3.8) is 0 Å². The van der Waals surface area contributed by atoms with Crippen molar-refractivity contribution >= 4 is 27.1 Å². The van der Waals surface area contributed by atoms with Gasteiger partial charge in [0.1, 0.15) is 0 Å². The SMILES string of the molecule is C=C/C(=C\C=C(/C)C(CC)(CC)c1ccc(-c2nc(-c3ccccc3)cc(-c3cccc4ccccc34)n2)cc1)c1nc(-c2ccccc2)cc(-c2cccc3ccccc23)n1. The number of allylic oxidation sites excluding steroid dienone is 5. The van der Waals surface area contributed by atoms with Crippen LogP contribution < -0.4 is 0 Å². The molecule has 0 aliphatic heterocycles. The summed E-state index contributed by atoms with van der Waals surface area (Å²) in [6, 6.07) is 63.5. The number of hydrogen-bond acceptors (Lipinski definition) is 4. The summed E-state index contributed by atoms with van der Waals surface area (Å²) in [5, 5.41) is 4.68. The number of rotatable bonds is 12. The van der Waals surface area contributed by atoms with E-state index in [0.29, 0.717) is 11.6 Å². The minimum Gasteiger partial charge on any atom is -0.228 e. The molecule has 300 valence electrons. The van der Waals surface area contributed by atoms with Crippen molar-refractivity contribution in [3.05, 3.63) is 224 Å². The van der Waals surface area contributed by atoms with Gasteiger partial charge in [-0.15, -0.1) is 0 Å². The summed E-state index contributed by atoms with van der Waals surface area (Å²) in [6.45, 7) is 11.0. The Morgan fingerprint density at radius 3 is 1.50 bits per heavy atom. The Hall–Kier alpha value is -7.56. The molecule has 0 saturated heterocycles. The van der Waals surface area contributed by atoms with Crippen LogP contribution in [0, 0.1) is 0 Å². The molecule has 0 radical (unpaired) electrons. The highest BCUT2D eigenvalue weighted by atomic mass is 14.9. The molecule has 9 rings (SSSR count). The molecule has 0 fully saturated rings. The zero-order valence-corrected chi connectivity index (χ0v) is 35.5. The average molecular weight is 801 g/mol. The van der Waals surface area contributed by atoms with E-state index in [1.807, 2.05) is 30.3 Å². The molecule has 0 unspecified atom stereocenters. The normalized spacial score (nSPS) is 12.2. The summed E-state index contributed by atoms with van der Waals surface area (Å²) in [7, 11) is 0. The molecule has 62 heavy (non-hydrogen) atoms. The molecule has 0 aliphatic rings. The average Bonchev–Trinajstić information content (AvgIpc) is 3.35. The van der Waals surface area contributed by atoms with Crippen LogP contribution in [0.25, 0.3) is 83.5 Å². The summed E-state index contributed by atoms with van der Waals surface area (Å²) >= 11 is 0. The highest BCUT2D eigenvalue weighted by Crippen LogP contribution is 2.40. The fourth-order valence-corrected chi connectivity index (χ4v) is 8.83. The van der Waals surface area contributed by atoms with Gasteiger partial charge in [-0.1, -0.05) is 214 Å². The third-order valence-electron chi connectivity index (χ3n) is 12.4. The maximum absolute atomic E-state index is 5.22. The lowest BCUT2D eigenvalue weighted by Crippen LogP contribution is -2.26. The van der Waals surface area contributed by atoms with Gasteiger partial charge in [0.05, 0.1) is 22.8 Å². The van der Waals surface area contributed by atoms with Crippen LogP contribution in [0.5, 0.6) is 0 Å². The zero-order chi connectivity index (χ0) is 42.5. The Bertz CT molecular complexity index is 3090. The third-order valence-corrected chi connectivity index (χ3v) is 12.4. The summed E-state index contributed by atoms with van der Waals surface area (Å²) in [5.41, 5.74) is 11.9. The Morgan fingerprint density at radius 2 is 0.952 bits per heavy atom. The summed E-state index contributed by atoms with van der Waals surface area (Å²) in [4.78, 5) is 20.7. The predicted octanol–water partition coefficient (Wildman–Crippen LogP) is 15.2. The summed E-state index contributed by atoms with van der Waals surface area (Å²) < 4.78 is 0. The second kappa shape index (κ2) is 17.6. The highest BCUT2D eigenvalue weighted by Gasteiger charge is 2.30. The number of fused-ring (bicyclic) bond motifs is 2. The molecular weight excluding hydrogens is 753 g/mol. The van der Waals surface area contributed by atoms with E-state index in [9.17, 15) is 0 Å².